The number of hydrogen-bond donors (Lipinski definition) is 1. The van der Waals surface area contributed by atoms with Crippen molar-refractivity contribution in [1.29, 1.82) is 0 Å². The summed E-state index contributed by atoms with van der Waals surface area (Å²) in [4.78, 5) is 23.9. The monoisotopic (exact) mass is 361 g/mol. The Hall–Kier alpha value is -2.51. The van der Waals surface area contributed by atoms with Crippen LogP contribution in [0.5, 0.6) is 0 Å². The third-order valence-electron chi connectivity index (χ3n) is 3.63. The molecule has 0 aliphatic carbocycles. The maximum absolute atomic E-state index is 12.1. The number of hydrogen-bond acceptors (Lipinski definition) is 5. The van der Waals surface area contributed by atoms with E-state index in [4.69, 9.17) is 9.88 Å². The van der Waals surface area contributed by atoms with Crippen molar-refractivity contribution < 1.29 is 22.7 Å². The zero-order chi connectivity index (χ0) is 18.4. The van der Waals surface area contributed by atoms with Gasteiger partial charge in [0.25, 0.3) is 0 Å². The Morgan fingerprint density at radius 3 is 2.40 bits per heavy atom. The molecule has 0 bridgehead atoms. The van der Waals surface area contributed by atoms with Crippen molar-refractivity contribution in [3.05, 3.63) is 65.2 Å². The van der Waals surface area contributed by atoms with E-state index in [9.17, 15) is 18.0 Å². The first-order valence-electron chi connectivity index (χ1n) is 7.68. The largest absolute Gasteiger partial charge is 0.462 e. The number of aryl methyl sites for hydroxylation is 1. The van der Waals surface area contributed by atoms with Gasteiger partial charge in [-0.05, 0) is 31.0 Å². The first-order chi connectivity index (χ1) is 11.8. The second-order valence-corrected chi connectivity index (χ2v) is 7.11. The van der Waals surface area contributed by atoms with Gasteiger partial charge >= 0.3 is 5.97 Å². The molecule has 0 spiro atoms. The van der Waals surface area contributed by atoms with Crippen molar-refractivity contribution in [3.63, 3.8) is 0 Å². The van der Waals surface area contributed by atoms with Gasteiger partial charge in [0.15, 0.2) is 5.78 Å². The van der Waals surface area contributed by atoms with Gasteiger partial charge in [-0.15, -0.1) is 0 Å². The average molecular weight is 361 g/mol. The van der Waals surface area contributed by atoms with Gasteiger partial charge in [-0.1, -0.05) is 36.4 Å². The van der Waals surface area contributed by atoms with Crippen LogP contribution < -0.4 is 5.14 Å². The lowest BCUT2D eigenvalue weighted by molar-refractivity contribution is 0.0493. The molecule has 7 heteroatoms. The Kier molecular flexibility index (Phi) is 6.06. The highest BCUT2D eigenvalue weighted by molar-refractivity contribution is 7.89. The van der Waals surface area contributed by atoms with Crippen molar-refractivity contribution in [2.45, 2.75) is 24.7 Å². The van der Waals surface area contributed by atoms with Gasteiger partial charge in [0, 0.05) is 12.0 Å². The van der Waals surface area contributed by atoms with Gasteiger partial charge in [0.2, 0.25) is 10.0 Å². The summed E-state index contributed by atoms with van der Waals surface area (Å²) in [6.07, 6.45) is 0.640. The van der Waals surface area contributed by atoms with Crippen LogP contribution in [0.15, 0.2) is 53.4 Å². The molecule has 0 atom stereocenters. The van der Waals surface area contributed by atoms with Crippen LogP contribution in [0.4, 0.5) is 0 Å². The molecule has 0 aliphatic rings. The van der Waals surface area contributed by atoms with E-state index in [-0.39, 0.29) is 29.3 Å². The molecule has 0 aliphatic heterocycles. The van der Waals surface area contributed by atoms with Gasteiger partial charge in [-0.3, -0.25) is 4.79 Å². The molecule has 0 saturated carbocycles. The van der Waals surface area contributed by atoms with E-state index in [2.05, 4.69) is 0 Å². The lowest BCUT2D eigenvalue weighted by Crippen LogP contribution is -2.15. The summed E-state index contributed by atoms with van der Waals surface area (Å²) in [5.74, 6) is -0.667. The van der Waals surface area contributed by atoms with Crippen LogP contribution in [0.3, 0.4) is 0 Å². The molecule has 2 N–H and O–H groups in total. The minimum absolute atomic E-state index is 0.0240. The highest BCUT2D eigenvalue weighted by Gasteiger charge is 2.16. The summed E-state index contributed by atoms with van der Waals surface area (Å²) in [5, 5.41) is 5.07. The molecule has 25 heavy (non-hydrogen) atoms. The van der Waals surface area contributed by atoms with E-state index in [1.807, 2.05) is 6.07 Å². The minimum atomic E-state index is -3.90. The fourth-order valence-electron chi connectivity index (χ4n) is 2.24. The maximum atomic E-state index is 12.1. The third kappa shape index (κ3) is 5.23. The molecule has 0 radical (unpaired) electrons. The first-order valence-corrected chi connectivity index (χ1v) is 9.22. The number of carbonyl (C=O) groups excluding carboxylic acids is 2. The molecule has 0 fully saturated rings. The van der Waals surface area contributed by atoms with E-state index in [0.717, 1.165) is 0 Å². The topological polar surface area (TPSA) is 104 Å². The molecule has 6 nitrogen and oxygen atoms in total. The summed E-state index contributed by atoms with van der Waals surface area (Å²) >= 11 is 0. The van der Waals surface area contributed by atoms with E-state index in [1.165, 1.54) is 18.2 Å². The maximum Gasteiger partial charge on any atom is 0.338 e. The highest BCUT2D eigenvalue weighted by atomic mass is 32.2. The first kappa shape index (κ1) is 18.8. The number of ketones is 1. The molecular formula is C18H19NO5S. The molecule has 132 valence electrons. The molecule has 0 unspecified atom stereocenters. The van der Waals surface area contributed by atoms with Crippen LogP contribution in [0.1, 0.15) is 39.1 Å². The zero-order valence-corrected chi connectivity index (χ0v) is 14.6. The summed E-state index contributed by atoms with van der Waals surface area (Å²) in [7, 11) is -3.90. The van der Waals surface area contributed by atoms with Gasteiger partial charge in [0.1, 0.15) is 0 Å². The number of rotatable bonds is 7. The quantitative estimate of drug-likeness (QED) is 0.463. The molecular weight excluding hydrogens is 342 g/mol. The van der Waals surface area contributed by atoms with Crippen LogP contribution in [-0.2, 0) is 14.8 Å². The lowest BCUT2D eigenvalue weighted by atomic mass is 10.1. The normalized spacial score (nSPS) is 11.1. The van der Waals surface area contributed by atoms with E-state index < -0.39 is 16.0 Å². The van der Waals surface area contributed by atoms with E-state index in [0.29, 0.717) is 17.5 Å². The minimum Gasteiger partial charge on any atom is -0.462 e. The van der Waals surface area contributed by atoms with Crippen LogP contribution in [0.25, 0.3) is 0 Å². The average Bonchev–Trinajstić information content (AvgIpc) is 2.58. The fraction of sp³-hybridized carbons (Fsp3) is 0.222. The molecule has 2 aromatic rings. The number of ether oxygens (including phenoxy) is 1. The van der Waals surface area contributed by atoms with Crippen LogP contribution in [-0.4, -0.2) is 26.8 Å². The number of benzene rings is 2. The summed E-state index contributed by atoms with van der Waals surface area (Å²) in [6.45, 7) is 1.74. The van der Waals surface area contributed by atoms with Crippen molar-refractivity contribution in [2.24, 2.45) is 5.14 Å². The number of Topliss-reactive ketones (excluding diaryl/α,β-unsaturated/α-hetero) is 1. The second kappa shape index (κ2) is 8.04. The lowest BCUT2D eigenvalue weighted by Gasteiger charge is -2.08. The molecule has 2 rings (SSSR count). The fourth-order valence-corrected chi connectivity index (χ4v) is 2.78. The summed E-state index contributed by atoms with van der Waals surface area (Å²) in [5.41, 5.74) is 1.34. The Bertz CT molecular complexity index is 876. The third-order valence-corrected chi connectivity index (χ3v) is 4.55. The van der Waals surface area contributed by atoms with Gasteiger partial charge < -0.3 is 4.74 Å². The molecule has 0 amide bonds. The summed E-state index contributed by atoms with van der Waals surface area (Å²) < 4.78 is 27.9. The number of nitrogens with two attached hydrogens (primary N) is 1. The highest BCUT2D eigenvalue weighted by Crippen LogP contribution is 2.16. The van der Waals surface area contributed by atoms with Crippen molar-refractivity contribution in [1.82, 2.24) is 0 Å². The number of esters is 1. The van der Waals surface area contributed by atoms with E-state index >= 15 is 0 Å². The second-order valence-electron chi connectivity index (χ2n) is 5.55. The van der Waals surface area contributed by atoms with Crippen LogP contribution >= 0.6 is 0 Å². The number of primary sulfonamides is 1. The van der Waals surface area contributed by atoms with Gasteiger partial charge in [-0.2, -0.15) is 0 Å². The van der Waals surface area contributed by atoms with Gasteiger partial charge in [0.05, 0.1) is 17.1 Å². The Morgan fingerprint density at radius 2 is 1.76 bits per heavy atom. The van der Waals surface area contributed by atoms with Crippen LogP contribution in [0, 0.1) is 6.92 Å². The summed E-state index contributed by atoms with van der Waals surface area (Å²) in [6, 6.07) is 12.9. The molecule has 0 heterocycles. The smallest absolute Gasteiger partial charge is 0.338 e. The molecule has 0 aromatic heterocycles. The van der Waals surface area contributed by atoms with Crippen LogP contribution in [0.2, 0.25) is 0 Å². The Labute approximate surface area is 146 Å². The molecule has 2 aromatic carbocycles. The van der Waals surface area contributed by atoms with Crippen molar-refractivity contribution in [3.8, 4) is 0 Å². The standard InChI is InChI=1S/C18H19NO5S/c1-13-9-10-15(25(19,22)23)12-16(13)18(21)24-11-5-8-17(20)14-6-3-2-4-7-14/h2-4,6-7,9-10,12H,5,8,11H2,1H3,(H2,19,22,23). The number of sulfonamides is 1. The number of carbonyl (C=O) groups is 2. The van der Waals surface area contributed by atoms with E-state index in [1.54, 1.807) is 31.2 Å². The Balaban J connectivity index is 1.92. The van der Waals surface area contributed by atoms with Gasteiger partial charge in [-0.25, -0.2) is 18.4 Å². The van der Waals surface area contributed by atoms with Crippen molar-refractivity contribution in [2.75, 3.05) is 6.61 Å². The predicted octanol–water partition coefficient (Wildman–Crippen LogP) is 2.46. The van der Waals surface area contributed by atoms with Crippen molar-refractivity contribution >= 4 is 21.8 Å². The zero-order valence-electron chi connectivity index (χ0n) is 13.8. The SMILES string of the molecule is Cc1ccc(S(N)(=O)=O)cc1C(=O)OCCCC(=O)c1ccccc1. The predicted molar refractivity (Wildman–Crippen MR) is 92.8 cm³/mol. The Morgan fingerprint density at radius 1 is 1.08 bits per heavy atom. The molecule has 0 saturated heterocycles.